The zero-order valence-corrected chi connectivity index (χ0v) is 13.3. The Hall–Kier alpha value is -3.15. The summed E-state index contributed by atoms with van der Waals surface area (Å²) in [7, 11) is 0. The predicted octanol–water partition coefficient (Wildman–Crippen LogP) is 5.11. The first kappa shape index (κ1) is 16.7. The number of alkyl halides is 2. The molecule has 25 heavy (non-hydrogen) atoms. The van der Waals surface area contributed by atoms with E-state index >= 15 is 0 Å². The maximum absolute atomic E-state index is 12.4. The lowest BCUT2D eigenvalue weighted by atomic mass is 10.1. The Bertz CT molecular complexity index is 858. The summed E-state index contributed by atoms with van der Waals surface area (Å²) >= 11 is 0. The molecule has 1 aromatic heterocycles. The van der Waals surface area contributed by atoms with Crippen molar-refractivity contribution < 1.29 is 22.7 Å². The van der Waals surface area contributed by atoms with Crippen LogP contribution >= 0.6 is 0 Å². The molecule has 1 N–H and O–H groups in total. The number of rotatable bonds is 5. The molecule has 0 bridgehead atoms. The van der Waals surface area contributed by atoms with Crippen LogP contribution in [-0.4, -0.2) is 12.5 Å². The van der Waals surface area contributed by atoms with Gasteiger partial charge in [0.2, 0.25) is 0 Å². The van der Waals surface area contributed by atoms with Crippen LogP contribution < -0.4 is 10.1 Å². The molecule has 6 heteroatoms. The molecule has 0 fully saturated rings. The number of carbonyl (C=O) groups excluding carboxylic acids is 1. The summed E-state index contributed by atoms with van der Waals surface area (Å²) < 4.78 is 34.3. The Labute approximate surface area is 143 Å². The van der Waals surface area contributed by atoms with Gasteiger partial charge >= 0.3 is 6.61 Å². The normalized spacial score (nSPS) is 10.7. The van der Waals surface area contributed by atoms with Crippen LogP contribution in [-0.2, 0) is 0 Å². The second kappa shape index (κ2) is 7.17. The molecule has 3 rings (SSSR count). The largest absolute Gasteiger partial charge is 0.461 e. The van der Waals surface area contributed by atoms with Crippen LogP contribution in [0.25, 0.3) is 11.3 Å². The highest BCUT2D eigenvalue weighted by Crippen LogP contribution is 2.28. The molecule has 0 unspecified atom stereocenters. The molecule has 0 aliphatic rings. The minimum absolute atomic E-state index is 0.0593. The fourth-order valence-electron chi connectivity index (χ4n) is 2.37. The number of furan rings is 1. The van der Waals surface area contributed by atoms with Crippen molar-refractivity contribution >= 4 is 11.6 Å². The monoisotopic (exact) mass is 343 g/mol. The van der Waals surface area contributed by atoms with Gasteiger partial charge in [-0.25, -0.2) is 0 Å². The number of amides is 1. The summed E-state index contributed by atoms with van der Waals surface area (Å²) in [5, 5.41) is 2.79. The molecule has 128 valence electrons. The fourth-order valence-corrected chi connectivity index (χ4v) is 2.37. The number of ether oxygens (including phenoxy) is 1. The van der Waals surface area contributed by atoms with E-state index in [0.29, 0.717) is 28.3 Å². The molecule has 0 atom stereocenters. The van der Waals surface area contributed by atoms with Gasteiger partial charge in [0.15, 0.2) is 0 Å². The lowest BCUT2D eigenvalue weighted by Crippen LogP contribution is -2.11. The number of aryl methyl sites for hydroxylation is 1. The van der Waals surface area contributed by atoms with Gasteiger partial charge in [-0.05, 0) is 49.4 Å². The molecular weight excluding hydrogens is 328 g/mol. The van der Waals surface area contributed by atoms with Crippen LogP contribution in [0.1, 0.15) is 16.1 Å². The second-order valence-corrected chi connectivity index (χ2v) is 5.30. The number of nitrogens with one attached hydrogen (secondary N) is 1. The highest BCUT2D eigenvalue weighted by molar-refractivity contribution is 6.05. The van der Waals surface area contributed by atoms with Gasteiger partial charge in [0, 0.05) is 11.3 Å². The third-order valence-corrected chi connectivity index (χ3v) is 3.56. The SMILES string of the molecule is Cc1oc(-c2ccc(OC(F)F)cc2)cc1C(=O)Nc1ccccc1. The highest BCUT2D eigenvalue weighted by atomic mass is 19.3. The van der Waals surface area contributed by atoms with Gasteiger partial charge in [-0.15, -0.1) is 0 Å². The lowest BCUT2D eigenvalue weighted by Gasteiger charge is -2.04. The van der Waals surface area contributed by atoms with E-state index in [-0.39, 0.29) is 11.7 Å². The molecule has 0 aliphatic heterocycles. The highest BCUT2D eigenvalue weighted by Gasteiger charge is 2.16. The number of anilines is 1. The molecule has 4 nitrogen and oxygen atoms in total. The zero-order chi connectivity index (χ0) is 17.8. The number of halogens is 2. The summed E-state index contributed by atoms with van der Waals surface area (Å²) in [5.41, 5.74) is 1.75. The topological polar surface area (TPSA) is 51.5 Å². The summed E-state index contributed by atoms with van der Waals surface area (Å²) in [6.45, 7) is -1.18. The lowest BCUT2D eigenvalue weighted by molar-refractivity contribution is -0.0498. The molecule has 2 aromatic carbocycles. The van der Waals surface area contributed by atoms with Gasteiger partial charge in [0.05, 0.1) is 5.56 Å². The Balaban J connectivity index is 1.79. The molecule has 0 spiro atoms. The molecule has 3 aromatic rings. The minimum Gasteiger partial charge on any atom is -0.461 e. The zero-order valence-electron chi connectivity index (χ0n) is 13.3. The Morgan fingerprint density at radius 2 is 1.76 bits per heavy atom. The summed E-state index contributed by atoms with van der Waals surface area (Å²) in [6, 6.07) is 16.7. The van der Waals surface area contributed by atoms with Gasteiger partial charge in [-0.1, -0.05) is 18.2 Å². The first-order valence-corrected chi connectivity index (χ1v) is 7.55. The van der Waals surface area contributed by atoms with Gasteiger partial charge in [0.25, 0.3) is 5.91 Å². The number of carbonyl (C=O) groups is 1. The van der Waals surface area contributed by atoms with Crippen molar-refractivity contribution in [1.29, 1.82) is 0 Å². The van der Waals surface area contributed by atoms with Crippen LogP contribution in [0, 0.1) is 6.92 Å². The standard InChI is InChI=1S/C19H15F2NO3/c1-12-16(18(23)22-14-5-3-2-4-6-14)11-17(24-12)13-7-9-15(10-8-13)25-19(20)21/h2-11,19H,1H3,(H,22,23). The van der Waals surface area contributed by atoms with Crippen molar-refractivity contribution in [2.45, 2.75) is 13.5 Å². The van der Waals surface area contributed by atoms with Crippen molar-refractivity contribution in [2.24, 2.45) is 0 Å². The quantitative estimate of drug-likeness (QED) is 0.700. The van der Waals surface area contributed by atoms with E-state index in [1.165, 1.54) is 12.1 Å². The van der Waals surface area contributed by atoms with Gasteiger partial charge in [0.1, 0.15) is 17.3 Å². The van der Waals surface area contributed by atoms with Gasteiger partial charge in [-0.3, -0.25) is 4.79 Å². The number of para-hydroxylation sites is 1. The van der Waals surface area contributed by atoms with Crippen LogP contribution in [0.3, 0.4) is 0 Å². The predicted molar refractivity (Wildman–Crippen MR) is 89.9 cm³/mol. The molecule has 1 amide bonds. The van der Waals surface area contributed by atoms with Crippen LogP contribution in [0.2, 0.25) is 0 Å². The van der Waals surface area contributed by atoms with Crippen LogP contribution in [0.4, 0.5) is 14.5 Å². The fraction of sp³-hybridized carbons (Fsp3) is 0.105. The first-order chi connectivity index (χ1) is 12.0. The number of hydrogen-bond donors (Lipinski definition) is 1. The van der Waals surface area contributed by atoms with Gasteiger partial charge in [-0.2, -0.15) is 8.78 Å². The summed E-state index contributed by atoms with van der Waals surface area (Å²) in [6.07, 6.45) is 0. The first-order valence-electron chi connectivity index (χ1n) is 7.55. The number of hydrogen-bond acceptors (Lipinski definition) is 3. The third-order valence-electron chi connectivity index (χ3n) is 3.56. The van der Waals surface area contributed by atoms with Crippen molar-refractivity contribution in [2.75, 3.05) is 5.32 Å². The van der Waals surface area contributed by atoms with Crippen molar-refractivity contribution in [3.63, 3.8) is 0 Å². The van der Waals surface area contributed by atoms with E-state index in [2.05, 4.69) is 10.1 Å². The Morgan fingerprint density at radius 1 is 1.08 bits per heavy atom. The van der Waals surface area contributed by atoms with Crippen molar-refractivity contribution in [1.82, 2.24) is 0 Å². The van der Waals surface area contributed by atoms with E-state index in [0.717, 1.165) is 0 Å². The maximum Gasteiger partial charge on any atom is 0.387 e. The molecular formula is C19H15F2NO3. The average Bonchev–Trinajstić information content (AvgIpc) is 2.98. The van der Waals surface area contributed by atoms with E-state index < -0.39 is 6.61 Å². The number of benzene rings is 2. The molecule has 0 saturated heterocycles. The smallest absolute Gasteiger partial charge is 0.387 e. The van der Waals surface area contributed by atoms with E-state index in [1.807, 2.05) is 18.2 Å². The van der Waals surface area contributed by atoms with Gasteiger partial charge < -0.3 is 14.5 Å². The maximum atomic E-state index is 12.4. The second-order valence-electron chi connectivity index (χ2n) is 5.30. The minimum atomic E-state index is -2.87. The molecule has 0 saturated carbocycles. The summed E-state index contributed by atoms with van der Waals surface area (Å²) in [4.78, 5) is 12.4. The summed E-state index contributed by atoms with van der Waals surface area (Å²) in [5.74, 6) is 0.719. The van der Waals surface area contributed by atoms with E-state index in [1.54, 1.807) is 37.3 Å². The van der Waals surface area contributed by atoms with Crippen molar-refractivity contribution in [3.05, 3.63) is 72.0 Å². The van der Waals surface area contributed by atoms with Crippen LogP contribution in [0.5, 0.6) is 5.75 Å². The Kier molecular flexibility index (Phi) is 4.79. The third kappa shape index (κ3) is 4.03. The van der Waals surface area contributed by atoms with Crippen molar-refractivity contribution in [3.8, 4) is 17.1 Å². The van der Waals surface area contributed by atoms with E-state index in [4.69, 9.17) is 4.42 Å². The molecule has 0 radical (unpaired) electrons. The van der Waals surface area contributed by atoms with E-state index in [9.17, 15) is 13.6 Å². The van der Waals surface area contributed by atoms with Crippen LogP contribution in [0.15, 0.2) is 65.1 Å². The average molecular weight is 343 g/mol. The Morgan fingerprint density at radius 3 is 2.40 bits per heavy atom. The molecule has 0 aliphatic carbocycles. The molecule has 1 heterocycles.